The fraction of sp³-hybridized carbons (Fsp3) is 0.250. The van der Waals surface area contributed by atoms with Gasteiger partial charge in [-0.15, -0.1) is 21.5 Å². The van der Waals surface area contributed by atoms with Crippen LogP contribution >= 0.6 is 34.4 Å². The average Bonchev–Trinajstić information content (AvgIpc) is 2.76. The van der Waals surface area contributed by atoms with Crippen molar-refractivity contribution in [1.82, 2.24) is 15.2 Å². The van der Waals surface area contributed by atoms with Gasteiger partial charge in [-0.2, -0.15) is 0 Å². The number of carbonyl (C=O) groups excluding carboxylic acids is 1. The highest BCUT2D eigenvalue weighted by Gasteiger charge is 2.09. The molecule has 2 rings (SSSR count). The SMILES string of the molecule is Cc1csc(Sc2nnc(CC(N)=O)s2)n1. The minimum atomic E-state index is -0.391. The zero-order chi connectivity index (χ0) is 11.5. The number of nitrogens with two attached hydrogens (primary N) is 1. The monoisotopic (exact) mass is 272 g/mol. The molecule has 16 heavy (non-hydrogen) atoms. The average molecular weight is 272 g/mol. The van der Waals surface area contributed by atoms with E-state index in [0.29, 0.717) is 5.01 Å². The Labute approximate surface area is 104 Å². The first-order valence-corrected chi connectivity index (χ1v) is 6.85. The van der Waals surface area contributed by atoms with Gasteiger partial charge >= 0.3 is 0 Å². The van der Waals surface area contributed by atoms with E-state index in [0.717, 1.165) is 14.4 Å². The fourth-order valence-electron chi connectivity index (χ4n) is 0.954. The maximum absolute atomic E-state index is 10.7. The molecule has 0 aliphatic carbocycles. The van der Waals surface area contributed by atoms with Crippen LogP contribution in [0.4, 0.5) is 0 Å². The van der Waals surface area contributed by atoms with Gasteiger partial charge in [-0.1, -0.05) is 11.3 Å². The Morgan fingerprint density at radius 2 is 2.31 bits per heavy atom. The number of hydrogen-bond donors (Lipinski definition) is 1. The highest BCUT2D eigenvalue weighted by atomic mass is 32.2. The number of primary amides is 1. The molecule has 0 unspecified atom stereocenters. The summed E-state index contributed by atoms with van der Waals surface area (Å²) in [7, 11) is 0. The Bertz CT molecular complexity index is 507. The van der Waals surface area contributed by atoms with Gasteiger partial charge in [0.15, 0.2) is 8.68 Å². The summed E-state index contributed by atoms with van der Waals surface area (Å²) < 4.78 is 1.71. The number of rotatable bonds is 4. The number of aromatic nitrogens is 3. The van der Waals surface area contributed by atoms with Gasteiger partial charge in [0.1, 0.15) is 5.01 Å². The third kappa shape index (κ3) is 3.00. The molecule has 2 aromatic heterocycles. The first-order valence-electron chi connectivity index (χ1n) is 4.34. The molecule has 0 fully saturated rings. The van der Waals surface area contributed by atoms with Gasteiger partial charge in [0.25, 0.3) is 0 Å². The van der Waals surface area contributed by atoms with E-state index in [9.17, 15) is 4.79 Å². The Morgan fingerprint density at radius 1 is 1.50 bits per heavy atom. The summed E-state index contributed by atoms with van der Waals surface area (Å²) in [6.07, 6.45) is 0.148. The van der Waals surface area contributed by atoms with E-state index in [-0.39, 0.29) is 6.42 Å². The van der Waals surface area contributed by atoms with E-state index >= 15 is 0 Å². The molecule has 0 aliphatic heterocycles. The minimum Gasteiger partial charge on any atom is -0.369 e. The smallest absolute Gasteiger partial charge is 0.224 e. The van der Waals surface area contributed by atoms with E-state index in [1.54, 1.807) is 11.3 Å². The number of amides is 1. The van der Waals surface area contributed by atoms with E-state index < -0.39 is 5.91 Å². The van der Waals surface area contributed by atoms with Crippen molar-refractivity contribution in [2.24, 2.45) is 5.73 Å². The summed E-state index contributed by atoms with van der Waals surface area (Å²) >= 11 is 4.40. The second-order valence-electron chi connectivity index (χ2n) is 2.96. The van der Waals surface area contributed by atoms with Crippen LogP contribution in [0.3, 0.4) is 0 Å². The van der Waals surface area contributed by atoms with Gasteiger partial charge < -0.3 is 5.73 Å². The normalized spacial score (nSPS) is 10.6. The summed E-state index contributed by atoms with van der Waals surface area (Å²) in [5.41, 5.74) is 6.07. The molecule has 0 aliphatic rings. The summed E-state index contributed by atoms with van der Waals surface area (Å²) in [6, 6.07) is 0. The standard InChI is InChI=1S/C8H8N4OS3/c1-4-3-14-7(10-4)16-8-12-11-6(15-8)2-5(9)13/h3H,2H2,1H3,(H2,9,13). The zero-order valence-electron chi connectivity index (χ0n) is 8.34. The summed E-state index contributed by atoms with van der Waals surface area (Å²) in [5.74, 6) is -0.391. The lowest BCUT2D eigenvalue weighted by Gasteiger charge is -1.87. The summed E-state index contributed by atoms with van der Waals surface area (Å²) in [5, 5.41) is 10.5. The molecule has 0 radical (unpaired) electrons. The Kier molecular flexibility index (Phi) is 3.52. The van der Waals surface area contributed by atoms with Crippen LogP contribution in [0.2, 0.25) is 0 Å². The van der Waals surface area contributed by atoms with Crippen LogP contribution in [-0.4, -0.2) is 21.1 Å². The molecule has 2 heterocycles. The topological polar surface area (TPSA) is 81.8 Å². The predicted molar refractivity (Wildman–Crippen MR) is 63.8 cm³/mol. The van der Waals surface area contributed by atoms with Crippen LogP contribution in [0.25, 0.3) is 0 Å². The molecule has 0 saturated heterocycles. The lowest BCUT2D eigenvalue weighted by Crippen LogP contribution is -2.13. The Balaban J connectivity index is 2.05. The number of aryl methyl sites for hydroxylation is 1. The van der Waals surface area contributed by atoms with Crippen LogP contribution in [-0.2, 0) is 11.2 Å². The van der Waals surface area contributed by atoms with Crippen LogP contribution in [0.5, 0.6) is 0 Å². The fourth-order valence-corrected chi connectivity index (χ4v) is 3.90. The van der Waals surface area contributed by atoms with E-state index in [1.165, 1.54) is 23.1 Å². The van der Waals surface area contributed by atoms with Crippen LogP contribution in [0, 0.1) is 6.92 Å². The largest absolute Gasteiger partial charge is 0.369 e. The molecular weight excluding hydrogens is 264 g/mol. The van der Waals surface area contributed by atoms with Crippen molar-refractivity contribution in [3.05, 3.63) is 16.1 Å². The lowest BCUT2D eigenvalue weighted by molar-refractivity contribution is -0.117. The van der Waals surface area contributed by atoms with Crippen molar-refractivity contribution in [3.8, 4) is 0 Å². The molecule has 0 spiro atoms. The van der Waals surface area contributed by atoms with Gasteiger partial charge in [-0.25, -0.2) is 4.98 Å². The molecule has 8 heteroatoms. The Hall–Kier alpha value is -0.990. The molecule has 84 valence electrons. The van der Waals surface area contributed by atoms with E-state index in [1.807, 2.05) is 12.3 Å². The quantitative estimate of drug-likeness (QED) is 0.911. The summed E-state index contributed by atoms with van der Waals surface area (Å²) in [6.45, 7) is 1.94. The van der Waals surface area contributed by atoms with Gasteiger partial charge in [0.2, 0.25) is 5.91 Å². The number of thiazole rings is 1. The van der Waals surface area contributed by atoms with Gasteiger partial charge in [0, 0.05) is 11.1 Å². The number of hydrogen-bond acceptors (Lipinski definition) is 7. The van der Waals surface area contributed by atoms with Crippen LogP contribution in [0.15, 0.2) is 14.1 Å². The highest BCUT2D eigenvalue weighted by molar-refractivity contribution is 8.02. The van der Waals surface area contributed by atoms with Crippen LogP contribution in [0.1, 0.15) is 10.7 Å². The molecule has 0 bridgehead atoms. The predicted octanol–water partition coefficient (Wildman–Crippen LogP) is 1.48. The summed E-state index contributed by atoms with van der Waals surface area (Å²) in [4.78, 5) is 15.0. The highest BCUT2D eigenvalue weighted by Crippen LogP contribution is 2.32. The molecule has 0 atom stereocenters. The molecule has 0 aromatic carbocycles. The van der Waals surface area contributed by atoms with Crippen LogP contribution < -0.4 is 5.73 Å². The van der Waals surface area contributed by atoms with E-state index in [2.05, 4.69) is 15.2 Å². The number of nitrogens with zero attached hydrogens (tertiary/aromatic N) is 3. The molecular formula is C8H8N4OS3. The van der Waals surface area contributed by atoms with Crippen molar-refractivity contribution >= 4 is 40.3 Å². The first-order chi connectivity index (χ1) is 7.63. The van der Waals surface area contributed by atoms with Gasteiger partial charge in [-0.3, -0.25) is 4.79 Å². The maximum Gasteiger partial charge on any atom is 0.224 e. The molecule has 5 nitrogen and oxygen atoms in total. The maximum atomic E-state index is 10.7. The first kappa shape index (κ1) is 11.5. The zero-order valence-corrected chi connectivity index (χ0v) is 10.8. The van der Waals surface area contributed by atoms with Crippen molar-refractivity contribution in [1.29, 1.82) is 0 Å². The number of carbonyl (C=O) groups is 1. The molecule has 2 N–H and O–H groups in total. The van der Waals surface area contributed by atoms with Crippen molar-refractivity contribution in [2.45, 2.75) is 22.0 Å². The minimum absolute atomic E-state index is 0.148. The van der Waals surface area contributed by atoms with Gasteiger partial charge in [-0.05, 0) is 18.7 Å². The third-order valence-electron chi connectivity index (χ3n) is 1.55. The van der Waals surface area contributed by atoms with E-state index in [4.69, 9.17) is 5.73 Å². The van der Waals surface area contributed by atoms with Gasteiger partial charge in [0.05, 0.1) is 6.42 Å². The molecule has 0 saturated carbocycles. The molecule has 1 amide bonds. The lowest BCUT2D eigenvalue weighted by atomic mass is 10.4. The molecule has 2 aromatic rings. The van der Waals surface area contributed by atoms with Crippen molar-refractivity contribution < 1.29 is 4.79 Å². The van der Waals surface area contributed by atoms with Crippen molar-refractivity contribution in [3.63, 3.8) is 0 Å². The second-order valence-corrected chi connectivity index (χ2v) is 6.38. The van der Waals surface area contributed by atoms with Crippen molar-refractivity contribution in [2.75, 3.05) is 0 Å². The second kappa shape index (κ2) is 4.89. The third-order valence-corrected chi connectivity index (χ3v) is 4.58. The Morgan fingerprint density at radius 3 is 2.94 bits per heavy atom.